The van der Waals surface area contributed by atoms with Gasteiger partial charge in [-0.05, 0) is 18.2 Å². The average Bonchev–Trinajstić information content (AvgIpc) is 2.49. The van der Waals surface area contributed by atoms with Gasteiger partial charge in [-0.3, -0.25) is 0 Å². The fraction of sp³-hybridized carbons (Fsp3) is 0. The quantitative estimate of drug-likeness (QED) is 0.599. The van der Waals surface area contributed by atoms with Crippen LogP contribution in [0.1, 0.15) is 5.56 Å². The molecule has 1 aliphatic rings. The Morgan fingerprint density at radius 2 is 1.63 bits per heavy atom. The smallest absolute Gasteiger partial charge is 0.260 e. The molecule has 2 aromatic carbocycles. The average molecular weight is 246 g/mol. The van der Waals surface area contributed by atoms with Crippen molar-refractivity contribution in [3.8, 4) is 5.75 Å². The van der Waals surface area contributed by atoms with Gasteiger partial charge in [0.25, 0.3) is 5.52 Å². The highest BCUT2D eigenvalue weighted by atomic mass is 16.5. The van der Waals surface area contributed by atoms with Crippen LogP contribution in [-0.4, -0.2) is 0 Å². The van der Waals surface area contributed by atoms with Crippen LogP contribution in [0.2, 0.25) is 0 Å². The Hall–Kier alpha value is -2.61. The Balaban J connectivity index is 1.96. The molecular weight excluding hydrogens is 234 g/mol. The van der Waals surface area contributed by atoms with Gasteiger partial charge in [0.1, 0.15) is 0 Å². The lowest BCUT2D eigenvalue weighted by Gasteiger charge is -2.13. The summed E-state index contributed by atoms with van der Waals surface area (Å²) in [5.41, 5.74) is 2.20. The number of ether oxygens (including phenoxy) is 1. The van der Waals surface area contributed by atoms with Crippen LogP contribution in [0.15, 0.2) is 66.9 Å². The van der Waals surface area contributed by atoms with E-state index < -0.39 is 0 Å². The highest BCUT2D eigenvalue weighted by Crippen LogP contribution is 2.30. The van der Waals surface area contributed by atoms with Crippen molar-refractivity contribution in [2.75, 3.05) is 0 Å². The van der Waals surface area contributed by atoms with E-state index >= 15 is 0 Å². The van der Waals surface area contributed by atoms with Crippen LogP contribution < -0.4 is 9.30 Å². The lowest BCUT2D eigenvalue weighted by molar-refractivity contribution is -0.540. The van der Waals surface area contributed by atoms with Crippen LogP contribution in [0.25, 0.3) is 22.9 Å². The normalized spacial score (nSPS) is 12.9. The maximum Gasteiger partial charge on any atom is 0.260 e. The Morgan fingerprint density at radius 3 is 2.53 bits per heavy atom. The molecule has 0 atom stereocenters. The van der Waals surface area contributed by atoms with Gasteiger partial charge in [0.05, 0.1) is 5.39 Å². The van der Waals surface area contributed by atoms with E-state index in [0.29, 0.717) is 0 Å². The van der Waals surface area contributed by atoms with E-state index in [1.165, 1.54) is 5.39 Å². The van der Waals surface area contributed by atoms with E-state index in [9.17, 15) is 0 Å². The molecule has 0 bridgehead atoms. The maximum absolute atomic E-state index is 6.03. The summed E-state index contributed by atoms with van der Waals surface area (Å²) in [7, 11) is 0. The van der Waals surface area contributed by atoms with Gasteiger partial charge >= 0.3 is 0 Å². The molecule has 2 nitrogen and oxygen atoms in total. The SMILES string of the molecule is C1=C(c2ccccc2)Oc2cccc3ccc[n+]1c23. The Kier molecular flexibility index (Phi) is 2.15. The van der Waals surface area contributed by atoms with Crippen LogP contribution in [0.4, 0.5) is 0 Å². The predicted molar refractivity (Wildman–Crippen MR) is 75.4 cm³/mol. The van der Waals surface area contributed by atoms with Crippen LogP contribution in [-0.2, 0) is 0 Å². The lowest BCUT2D eigenvalue weighted by Crippen LogP contribution is -2.30. The number of hydrogen-bond acceptors (Lipinski definition) is 1. The number of aromatic nitrogens is 1. The molecule has 0 amide bonds. The summed E-state index contributed by atoms with van der Waals surface area (Å²) >= 11 is 0. The Labute approximate surface area is 111 Å². The minimum absolute atomic E-state index is 0.872. The second-order valence-electron chi connectivity index (χ2n) is 4.57. The zero-order valence-corrected chi connectivity index (χ0v) is 10.3. The van der Waals surface area contributed by atoms with E-state index in [1.807, 2.05) is 36.5 Å². The van der Waals surface area contributed by atoms with Crippen LogP contribution >= 0.6 is 0 Å². The van der Waals surface area contributed by atoms with Crippen molar-refractivity contribution in [3.63, 3.8) is 0 Å². The highest BCUT2D eigenvalue weighted by Gasteiger charge is 2.22. The van der Waals surface area contributed by atoms with E-state index in [2.05, 4.69) is 41.1 Å². The van der Waals surface area contributed by atoms with Crippen molar-refractivity contribution in [3.05, 3.63) is 72.4 Å². The summed E-state index contributed by atoms with van der Waals surface area (Å²) in [5, 5.41) is 1.18. The highest BCUT2D eigenvalue weighted by molar-refractivity contribution is 5.86. The minimum Gasteiger partial charge on any atom is -0.443 e. The molecule has 0 saturated heterocycles. The van der Waals surface area contributed by atoms with Gasteiger partial charge in [-0.1, -0.05) is 36.4 Å². The number of para-hydroxylation sites is 1. The molecule has 90 valence electrons. The largest absolute Gasteiger partial charge is 0.443 e. The van der Waals surface area contributed by atoms with Gasteiger partial charge in [0, 0.05) is 11.6 Å². The fourth-order valence-corrected chi connectivity index (χ4v) is 2.46. The van der Waals surface area contributed by atoms with Gasteiger partial charge in [0.15, 0.2) is 17.7 Å². The molecule has 2 heteroatoms. The first-order valence-electron chi connectivity index (χ1n) is 6.30. The summed E-state index contributed by atoms with van der Waals surface area (Å²) in [6, 6.07) is 20.4. The molecule has 1 aromatic heterocycles. The Morgan fingerprint density at radius 1 is 0.789 bits per heavy atom. The third-order valence-electron chi connectivity index (χ3n) is 3.35. The molecule has 0 saturated carbocycles. The summed E-state index contributed by atoms with van der Waals surface area (Å²) in [4.78, 5) is 0. The molecule has 0 radical (unpaired) electrons. The van der Waals surface area contributed by atoms with Crippen molar-refractivity contribution in [2.45, 2.75) is 0 Å². The molecule has 3 aromatic rings. The zero-order chi connectivity index (χ0) is 12.7. The summed E-state index contributed by atoms with van der Waals surface area (Å²) in [6.07, 6.45) is 4.09. The number of pyridine rings is 1. The van der Waals surface area contributed by atoms with Crippen molar-refractivity contribution in [2.24, 2.45) is 0 Å². The fourth-order valence-electron chi connectivity index (χ4n) is 2.46. The first kappa shape index (κ1) is 10.3. The molecule has 19 heavy (non-hydrogen) atoms. The molecule has 1 aliphatic heterocycles. The number of rotatable bonds is 1. The zero-order valence-electron chi connectivity index (χ0n) is 10.3. The van der Waals surface area contributed by atoms with E-state index in [4.69, 9.17) is 4.74 Å². The van der Waals surface area contributed by atoms with Crippen molar-refractivity contribution >= 4 is 22.9 Å². The van der Waals surface area contributed by atoms with Crippen LogP contribution in [0, 0.1) is 0 Å². The summed E-state index contributed by atoms with van der Waals surface area (Å²) in [5.74, 6) is 1.77. The van der Waals surface area contributed by atoms with Crippen LogP contribution in [0.5, 0.6) is 5.75 Å². The van der Waals surface area contributed by atoms with Gasteiger partial charge in [0.2, 0.25) is 6.20 Å². The van der Waals surface area contributed by atoms with E-state index in [1.54, 1.807) is 0 Å². The Bertz CT molecular complexity index is 785. The standard InChI is InChI=1S/C17H12NO/c1-2-6-13(7-3-1)16-12-18-11-5-9-14-8-4-10-15(19-16)17(14)18/h1-12H/q+1. The number of nitrogens with zero attached hydrogens (tertiary/aromatic N) is 1. The third kappa shape index (κ3) is 1.61. The van der Waals surface area contributed by atoms with Gasteiger partial charge in [-0.15, -0.1) is 0 Å². The molecule has 0 spiro atoms. The first-order valence-corrected chi connectivity index (χ1v) is 6.30. The predicted octanol–water partition coefficient (Wildman–Crippen LogP) is 3.48. The van der Waals surface area contributed by atoms with Gasteiger partial charge < -0.3 is 4.74 Å². The minimum atomic E-state index is 0.872. The molecule has 0 fully saturated rings. The van der Waals surface area contributed by atoms with Crippen molar-refractivity contribution in [1.29, 1.82) is 0 Å². The summed E-state index contributed by atoms with van der Waals surface area (Å²) in [6.45, 7) is 0. The summed E-state index contributed by atoms with van der Waals surface area (Å²) < 4.78 is 8.15. The monoisotopic (exact) mass is 246 g/mol. The molecule has 2 heterocycles. The molecule has 0 N–H and O–H groups in total. The van der Waals surface area contributed by atoms with Gasteiger partial charge in [-0.25, -0.2) is 0 Å². The maximum atomic E-state index is 6.03. The molecule has 4 rings (SSSR count). The third-order valence-corrected chi connectivity index (χ3v) is 3.35. The second kappa shape index (κ2) is 3.95. The molecular formula is C17H12NO+. The first-order chi connectivity index (χ1) is 9.42. The number of hydrogen-bond donors (Lipinski definition) is 0. The van der Waals surface area contributed by atoms with E-state index in [0.717, 1.165) is 22.6 Å². The number of benzene rings is 2. The second-order valence-corrected chi connectivity index (χ2v) is 4.57. The molecule has 0 aliphatic carbocycles. The molecule has 0 unspecified atom stereocenters. The van der Waals surface area contributed by atoms with Crippen LogP contribution in [0.3, 0.4) is 0 Å². The van der Waals surface area contributed by atoms with Gasteiger partial charge in [-0.2, -0.15) is 4.57 Å². The lowest BCUT2D eigenvalue weighted by atomic mass is 10.1. The van der Waals surface area contributed by atoms with Crippen molar-refractivity contribution in [1.82, 2.24) is 0 Å². The van der Waals surface area contributed by atoms with E-state index in [-0.39, 0.29) is 0 Å². The van der Waals surface area contributed by atoms with Crippen molar-refractivity contribution < 1.29 is 9.30 Å². The topological polar surface area (TPSA) is 13.1 Å².